The number of fused-ring (bicyclic) bond motifs is 1. The van der Waals surface area contributed by atoms with Crippen LogP contribution < -0.4 is 14.8 Å². The zero-order valence-corrected chi connectivity index (χ0v) is 20.7. The predicted octanol–water partition coefficient (Wildman–Crippen LogP) is 4.99. The van der Waals surface area contributed by atoms with Crippen LogP contribution in [0.2, 0.25) is 5.02 Å². The van der Waals surface area contributed by atoms with Gasteiger partial charge in [-0.15, -0.1) is 11.3 Å². The monoisotopic (exact) mass is 498 g/mol. The highest BCUT2D eigenvalue weighted by atomic mass is 35.5. The number of carbonyl (C=O) groups is 2. The molecule has 0 bridgehead atoms. The maximum atomic E-state index is 13.2. The fourth-order valence-electron chi connectivity index (χ4n) is 4.21. The van der Waals surface area contributed by atoms with Gasteiger partial charge in [0.1, 0.15) is 11.5 Å². The van der Waals surface area contributed by atoms with Crippen LogP contribution in [0.5, 0.6) is 11.5 Å². The lowest BCUT2D eigenvalue weighted by Gasteiger charge is -2.36. The molecule has 1 atom stereocenters. The first-order valence-corrected chi connectivity index (χ1v) is 12.3. The van der Waals surface area contributed by atoms with Gasteiger partial charge in [-0.25, -0.2) is 0 Å². The summed E-state index contributed by atoms with van der Waals surface area (Å²) < 4.78 is 10.5. The molecule has 178 valence electrons. The van der Waals surface area contributed by atoms with Gasteiger partial charge in [0.15, 0.2) is 0 Å². The Morgan fingerprint density at radius 2 is 1.76 bits per heavy atom. The molecule has 4 rings (SSSR count). The summed E-state index contributed by atoms with van der Waals surface area (Å²) in [6.45, 7) is 0.959. The molecule has 0 aliphatic carbocycles. The van der Waals surface area contributed by atoms with Gasteiger partial charge in [0, 0.05) is 41.9 Å². The number of hydrogen-bond acceptors (Lipinski definition) is 5. The molecule has 0 saturated carbocycles. The highest BCUT2D eigenvalue weighted by molar-refractivity contribution is 7.10. The van der Waals surface area contributed by atoms with Gasteiger partial charge < -0.3 is 19.7 Å². The Labute approximate surface area is 208 Å². The van der Waals surface area contributed by atoms with E-state index in [1.807, 2.05) is 41.3 Å². The van der Waals surface area contributed by atoms with Crippen molar-refractivity contribution in [2.75, 3.05) is 20.8 Å². The minimum Gasteiger partial charge on any atom is -0.497 e. The smallest absolute Gasteiger partial charge is 0.223 e. The summed E-state index contributed by atoms with van der Waals surface area (Å²) >= 11 is 7.81. The first-order chi connectivity index (χ1) is 16.5. The third-order valence-corrected chi connectivity index (χ3v) is 7.19. The normalized spacial score (nSPS) is 14.9. The standard InChI is InChI=1S/C26H27ClN2O4S/c1-32-20-13-17(14-21(15-20)33-2)16-28-24(30)7-8-25(31)29-11-9-23-22(10-12-34-23)26(29)18-3-5-19(27)6-4-18/h3-6,10,12-15,26H,7-9,11,16H2,1-2H3,(H,28,30). The first-order valence-electron chi connectivity index (χ1n) is 11.1. The summed E-state index contributed by atoms with van der Waals surface area (Å²) in [7, 11) is 3.17. The second-order valence-electron chi connectivity index (χ2n) is 8.09. The van der Waals surface area contributed by atoms with Gasteiger partial charge in [0.2, 0.25) is 11.8 Å². The summed E-state index contributed by atoms with van der Waals surface area (Å²) in [4.78, 5) is 28.9. The number of nitrogens with one attached hydrogen (secondary N) is 1. The first kappa shape index (κ1) is 24.1. The summed E-state index contributed by atoms with van der Waals surface area (Å²) in [5.74, 6) is 1.11. The molecule has 0 saturated heterocycles. The number of thiophene rings is 1. The topological polar surface area (TPSA) is 67.9 Å². The van der Waals surface area contributed by atoms with E-state index >= 15 is 0 Å². The highest BCUT2D eigenvalue weighted by Crippen LogP contribution is 2.38. The number of carbonyl (C=O) groups excluding carboxylic acids is 2. The van der Waals surface area contributed by atoms with Crippen LogP contribution in [0.1, 0.15) is 40.5 Å². The van der Waals surface area contributed by atoms with Crippen LogP contribution in [0.3, 0.4) is 0 Å². The molecule has 1 unspecified atom stereocenters. The maximum absolute atomic E-state index is 13.2. The zero-order valence-electron chi connectivity index (χ0n) is 19.2. The van der Waals surface area contributed by atoms with Crippen molar-refractivity contribution in [3.63, 3.8) is 0 Å². The molecule has 1 N–H and O–H groups in total. The SMILES string of the molecule is COc1cc(CNC(=O)CCC(=O)N2CCc3sccc3C2c2ccc(Cl)cc2)cc(OC)c1. The molecule has 0 radical (unpaired) electrons. The molecule has 6 nitrogen and oxygen atoms in total. The number of nitrogens with zero attached hydrogens (tertiary/aromatic N) is 1. The van der Waals surface area contributed by atoms with E-state index in [0.717, 1.165) is 23.1 Å². The summed E-state index contributed by atoms with van der Waals surface area (Å²) in [6.07, 6.45) is 1.10. The fourth-order valence-corrected chi connectivity index (χ4v) is 5.24. The van der Waals surface area contributed by atoms with Crippen LogP contribution in [-0.4, -0.2) is 37.5 Å². The number of amides is 2. The van der Waals surface area contributed by atoms with Crippen molar-refractivity contribution in [3.8, 4) is 11.5 Å². The van der Waals surface area contributed by atoms with Gasteiger partial charge >= 0.3 is 0 Å². The molecule has 1 aliphatic rings. The lowest BCUT2D eigenvalue weighted by molar-refractivity contribution is -0.135. The molecule has 0 fully saturated rings. The fraction of sp³-hybridized carbons (Fsp3) is 0.308. The molecule has 1 aromatic heterocycles. The lowest BCUT2D eigenvalue weighted by atomic mass is 9.93. The Morgan fingerprint density at radius 3 is 2.44 bits per heavy atom. The van der Waals surface area contributed by atoms with E-state index in [1.54, 1.807) is 31.6 Å². The summed E-state index contributed by atoms with van der Waals surface area (Å²) in [5, 5.41) is 5.62. The van der Waals surface area contributed by atoms with E-state index in [2.05, 4.69) is 16.8 Å². The van der Waals surface area contributed by atoms with E-state index < -0.39 is 0 Å². The molecule has 1 aliphatic heterocycles. The predicted molar refractivity (Wildman–Crippen MR) is 134 cm³/mol. The second kappa shape index (κ2) is 10.9. The van der Waals surface area contributed by atoms with Crippen LogP contribution in [0.25, 0.3) is 0 Å². The van der Waals surface area contributed by atoms with Crippen molar-refractivity contribution < 1.29 is 19.1 Å². The van der Waals surface area contributed by atoms with Crippen LogP contribution in [0, 0.1) is 0 Å². The molecule has 8 heteroatoms. The van der Waals surface area contributed by atoms with Gasteiger partial charge in [-0.2, -0.15) is 0 Å². The number of halogens is 1. The summed E-state index contributed by atoms with van der Waals surface area (Å²) in [6, 6.07) is 15.0. The number of ether oxygens (including phenoxy) is 2. The van der Waals surface area contributed by atoms with Gasteiger partial charge in [-0.1, -0.05) is 23.7 Å². The van der Waals surface area contributed by atoms with Crippen molar-refractivity contribution in [2.45, 2.75) is 31.8 Å². The largest absolute Gasteiger partial charge is 0.497 e. The number of methoxy groups -OCH3 is 2. The molecule has 3 aromatic rings. The third kappa shape index (κ3) is 5.54. The molecule has 34 heavy (non-hydrogen) atoms. The van der Waals surface area contributed by atoms with Crippen molar-refractivity contribution >= 4 is 34.8 Å². The molecular weight excluding hydrogens is 472 g/mol. The lowest BCUT2D eigenvalue weighted by Crippen LogP contribution is -2.40. The Balaban J connectivity index is 1.39. The van der Waals surface area contributed by atoms with Crippen LogP contribution in [0.4, 0.5) is 0 Å². The zero-order chi connectivity index (χ0) is 24.1. The Kier molecular flexibility index (Phi) is 7.75. The van der Waals surface area contributed by atoms with Gasteiger partial charge in [-0.3, -0.25) is 9.59 Å². The van der Waals surface area contributed by atoms with Crippen molar-refractivity contribution in [3.05, 3.63) is 80.5 Å². The van der Waals surface area contributed by atoms with Crippen LogP contribution in [-0.2, 0) is 22.6 Å². The molecule has 2 heterocycles. The van der Waals surface area contributed by atoms with E-state index in [9.17, 15) is 9.59 Å². The van der Waals surface area contributed by atoms with Gasteiger partial charge in [0.05, 0.1) is 20.3 Å². The average Bonchev–Trinajstić information content (AvgIpc) is 3.34. The quantitative estimate of drug-likeness (QED) is 0.475. The maximum Gasteiger partial charge on any atom is 0.223 e. The van der Waals surface area contributed by atoms with Gasteiger partial charge in [-0.05, 0) is 58.8 Å². The molecular formula is C26H27ClN2O4S. The number of benzene rings is 2. The Morgan fingerprint density at radius 1 is 1.06 bits per heavy atom. The Hall–Kier alpha value is -3.03. The number of hydrogen-bond donors (Lipinski definition) is 1. The second-order valence-corrected chi connectivity index (χ2v) is 9.53. The van der Waals surface area contributed by atoms with Crippen molar-refractivity contribution in [2.24, 2.45) is 0 Å². The van der Waals surface area contributed by atoms with Crippen LogP contribution >= 0.6 is 22.9 Å². The van der Waals surface area contributed by atoms with E-state index in [0.29, 0.717) is 29.6 Å². The highest BCUT2D eigenvalue weighted by Gasteiger charge is 2.32. The minimum atomic E-state index is -0.175. The van der Waals surface area contributed by atoms with Crippen molar-refractivity contribution in [1.82, 2.24) is 10.2 Å². The molecule has 2 aromatic carbocycles. The molecule has 0 spiro atoms. The summed E-state index contributed by atoms with van der Waals surface area (Å²) in [5.41, 5.74) is 3.04. The number of rotatable bonds is 8. The van der Waals surface area contributed by atoms with E-state index in [-0.39, 0.29) is 30.7 Å². The van der Waals surface area contributed by atoms with E-state index in [1.165, 1.54) is 4.88 Å². The molecule has 2 amide bonds. The van der Waals surface area contributed by atoms with Crippen molar-refractivity contribution in [1.29, 1.82) is 0 Å². The van der Waals surface area contributed by atoms with Gasteiger partial charge in [0.25, 0.3) is 0 Å². The third-order valence-electron chi connectivity index (χ3n) is 5.94. The van der Waals surface area contributed by atoms with Crippen LogP contribution in [0.15, 0.2) is 53.9 Å². The minimum absolute atomic E-state index is 0.0324. The van der Waals surface area contributed by atoms with E-state index in [4.69, 9.17) is 21.1 Å². The Bertz CT molecular complexity index is 1140. The average molecular weight is 499 g/mol.